The topological polar surface area (TPSA) is 59.9 Å². The average Bonchev–Trinajstić information content (AvgIpc) is 2.39. The van der Waals surface area contributed by atoms with E-state index in [-0.39, 0.29) is 0 Å². The number of anilines is 1. The summed E-state index contributed by atoms with van der Waals surface area (Å²) in [4.78, 5) is 12.5. The van der Waals surface area contributed by atoms with E-state index in [2.05, 4.69) is 20.3 Å². The van der Waals surface area contributed by atoms with Crippen molar-refractivity contribution in [2.24, 2.45) is 0 Å². The van der Waals surface area contributed by atoms with Crippen molar-refractivity contribution in [3.63, 3.8) is 0 Å². The van der Waals surface area contributed by atoms with Gasteiger partial charge in [-0.2, -0.15) is 0 Å². The molecular weight excluding hydrogens is 275 g/mol. The van der Waals surface area contributed by atoms with Gasteiger partial charge in [0.1, 0.15) is 11.5 Å². The summed E-state index contributed by atoms with van der Waals surface area (Å²) in [6.07, 6.45) is 3.08. The summed E-state index contributed by atoms with van der Waals surface area (Å²) >= 11 is 12.1. The highest BCUT2D eigenvalue weighted by Crippen LogP contribution is 2.34. The molecule has 0 unspecified atom stereocenters. The molecule has 0 spiro atoms. The summed E-state index contributed by atoms with van der Waals surface area (Å²) in [5.41, 5.74) is 0.938. The maximum Gasteiger partial charge on any atom is 0.242 e. The Morgan fingerprint density at radius 2 is 1.83 bits per heavy atom. The van der Waals surface area contributed by atoms with Crippen LogP contribution >= 0.6 is 23.2 Å². The van der Waals surface area contributed by atoms with Crippen molar-refractivity contribution in [2.45, 2.75) is 0 Å². The molecule has 5 nitrogen and oxygen atoms in total. The van der Waals surface area contributed by atoms with Crippen LogP contribution in [0.2, 0.25) is 10.0 Å². The number of nitrogens with one attached hydrogen (secondary N) is 1. The highest BCUT2D eigenvalue weighted by atomic mass is 35.5. The lowest BCUT2D eigenvalue weighted by molar-refractivity contribution is 0.397. The summed E-state index contributed by atoms with van der Waals surface area (Å²) in [6.45, 7) is 0. The Hall–Kier alpha value is -1.59. The zero-order chi connectivity index (χ0) is 13.1. The van der Waals surface area contributed by atoms with Crippen LogP contribution in [0.15, 0.2) is 18.5 Å². The zero-order valence-electron chi connectivity index (χ0n) is 9.74. The van der Waals surface area contributed by atoms with E-state index in [9.17, 15) is 0 Å². The third-order valence-corrected chi connectivity index (χ3v) is 2.82. The normalized spacial score (nSPS) is 10.2. The molecule has 2 aromatic rings. The minimum atomic E-state index is 0.358. The predicted molar refractivity (Wildman–Crippen MR) is 71.4 cm³/mol. The largest absolute Gasteiger partial charge is 0.479 e. The lowest BCUT2D eigenvalue weighted by atomic mass is 10.2. The number of halogens is 2. The summed E-state index contributed by atoms with van der Waals surface area (Å²) in [5, 5.41) is 3.71. The molecule has 2 rings (SSSR count). The van der Waals surface area contributed by atoms with Crippen molar-refractivity contribution in [1.82, 2.24) is 15.0 Å². The minimum absolute atomic E-state index is 0.358. The number of aromatic nitrogens is 3. The number of hydrogen-bond acceptors (Lipinski definition) is 5. The van der Waals surface area contributed by atoms with Crippen molar-refractivity contribution < 1.29 is 4.74 Å². The van der Waals surface area contributed by atoms with Gasteiger partial charge in [-0.3, -0.25) is 0 Å². The summed E-state index contributed by atoms with van der Waals surface area (Å²) in [7, 11) is 3.23. The number of ether oxygens (including phenoxy) is 1. The Labute approximate surface area is 114 Å². The molecule has 0 fully saturated rings. The first kappa shape index (κ1) is 12.9. The molecule has 0 bridgehead atoms. The van der Waals surface area contributed by atoms with Gasteiger partial charge in [-0.25, -0.2) is 15.0 Å². The van der Waals surface area contributed by atoms with E-state index in [0.717, 1.165) is 0 Å². The SMILES string of the molecule is CNc1nc(-c2nccnc2OC)c(Cl)cc1Cl. The van der Waals surface area contributed by atoms with Crippen molar-refractivity contribution in [2.75, 3.05) is 19.5 Å². The Kier molecular flexibility index (Phi) is 3.84. The molecule has 0 atom stereocenters. The third-order valence-electron chi connectivity index (χ3n) is 2.25. The molecule has 7 heteroatoms. The first-order chi connectivity index (χ1) is 8.67. The molecule has 0 aliphatic carbocycles. The smallest absolute Gasteiger partial charge is 0.242 e. The number of nitrogens with zero attached hydrogens (tertiary/aromatic N) is 3. The molecule has 2 heterocycles. The quantitative estimate of drug-likeness (QED) is 0.939. The van der Waals surface area contributed by atoms with Gasteiger partial charge in [0.15, 0.2) is 5.69 Å². The molecule has 94 valence electrons. The molecule has 0 radical (unpaired) electrons. The van der Waals surface area contributed by atoms with E-state index >= 15 is 0 Å². The van der Waals surface area contributed by atoms with Gasteiger partial charge in [-0.05, 0) is 6.07 Å². The average molecular weight is 285 g/mol. The molecule has 0 aliphatic heterocycles. The van der Waals surface area contributed by atoms with E-state index in [1.54, 1.807) is 19.3 Å². The molecule has 1 N–H and O–H groups in total. The van der Waals surface area contributed by atoms with Gasteiger partial charge in [0.05, 0.1) is 17.2 Å². The lowest BCUT2D eigenvalue weighted by Crippen LogP contribution is -1.99. The number of methoxy groups -OCH3 is 1. The second kappa shape index (κ2) is 5.37. The van der Waals surface area contributed by atoms with Crippen LogP contribution in [-0.2, 0) is 0 Å². The van der Waals surface area contributed by atoms with Crippen LogP contribution < -0.4 is 10.1 Å². The van der Waals surface area contributed by atoms with Gasteiger partial charge in [0, 0.05) is 19.4 Å². The first-order valence-electron chi connectivity index (χ1n) is 5.06. The van der Waals surface area contributed by atoms with Crippen LogP contribution in [0, 0.1) is 0 Å². The van der Waals surface area contributed by atoms with Crippen molar-refractivity contribution in [1.29, 1.82) is 0 Å². The van der Waals surface area contributed by atoms with Gasteiger partial charge < -0.3 is 10.1 Å². The van der Waals surface area contributed by atoms with Gasteiger partial charge in [-0.15, -0.1) is 0 Å². The second-order valence-electron chi connectivity index (χ2n) is 3.31. The summed E-state index contributed by atoms with van der Waals surface area (Å²) in [5.74, 6) is 0.875. The van der Waals surface area contributed by atoms with Gasteiger partial charge in [-0.1, -0.05) is 23.2 Å². The molecular formula is C11H10Cl2N4O. The third kappa shape index (κ3) is 2.32. The van der Waals surface area contributed by atoms with Crippen LogP contribution in [-0.4, -0.2) is 29.1 Å². The highest BCUT2D eigenvalue weighted by molar-refractivity contribution is 6.37. The van der Waals surface area contributed by atoms with E-state index in [4.69, 9.17) is 27.9 Å². The fraction of sp³-hybridized carbons (Fsp3) is 0.182. The van der Waals surface area contributed by atoms with E-state index in [0.29, 0.717) is 33.1 Å². The fourth-order valence-electron chi connectivity index (χ4n) is 1.45. The molecule has 0 aromatic carbocycles. The van der Waals surface area contributed by atoms with Crippen molar-refractivity contribution in [3.05, 3.63) is 28.5 Å². The molecule has 0 amide bonds. The first-order valence-corrected chi connectivity index (χ1v) is 5.82. The van der Waals surface area contributed by atoms with E-state index in [1.165, 1.54) is 13.3 Å². The van der Waals surface area contributed by atoms with Crippen LogP contribution in [0.3, 0.4) is 0 Å². The Balaban J connectivity index is 2.63. The number of hydrogen-bond donors (Lipinski definition) is 1. The zero-order valence-corrected chi connectivity index (χ0v) is 11.2. The van der Waals surface area contributed by atoms with Crippen molar-refractivity contribution in [3.8, 4) is 17.3 Å². The number of rotatable bonds is 3. The standard InChI is InChI=1S/C11H10Cl2N4O/c1-14-10-7(13)5-6(12)8(17-10)9-11(18-2)16-4-3-15-9/h3-5H,1-2H3,(H,14,17). The fourth-order valence-corrected chi connectivity index (χ4v) is 1.99. The van der Waals surface area contributed by atoms with Gasteiger partial charge >= 0.3 is 0 Å². The number of pyridine rings is 1. The molecule has 0 saturated heterocycles. The molecule has 0 aliphatic rings. The minimum Gasteiger partial charge on any atom is -0.479 e. The monoisotopic (exact) mass is 284 g/mol. The summed E-state index contributed by atoms with van der Waals surface area (Å²) in [6, 6.07) is 1.60. The second-order valence-corrected chi connectivity index (χ2v) is 4.13. The van der Waals surface area contributed by atoms with Crippen LogP contribution in [0.1, 0.15) is 0 Å². The predicted octanol–water partition coefficient (Wildman–Crippen LogP) is 2.90. The van der Waals surface area contributed by atoms with Crippen LogP contribution in [0.25, 0.3) is 11.4 Å². The maximum atomic E-state index is 6.12. The molecule has 18 heavy (non-hydrogen) atoms. The Morgan fingerprint density at radius 1 is 1.11 bits per heavy atom. The molecule has 2 aromatic heterocycles. The van der Waals surface area contributed by atoms with Gasteiger partial charge in [0.2, 0.25) is 5.88 Å². The van der Waals surface area contributed by atoms with Crippen LogP contribution in [0.4, 0.5) is 5.82 Å². The lowest BCUT2D eigenvalue weighted by Gasteiger charge is -2.09. The Morgan fingerprint density at radius 3 is 2.50 bits per heavy atom. The van der Waals surface area contributed by atoms with Crippen LogP contribution in [0.5, 0.6) is 5.88 Å². The Bertz CT molecular complexity index is 577. The van der Waals surface area contributed by atoms with E-state index < -0.39 is 0 Å². The van der Waals surface area contributed by atoms with Gasteiger partial charge in [0.25, 0.3) is 0 Å². The summed E-state index contributed by atoms with van der Waals surface area (Å²) < 4.78 is 5.13. The highest BCUT2D eigenvalue weighted by Gasteiger charge is 2.16. The maximum absolute atomic E-state index is 6.12. The molecule has 0 saturated carbocycles. The van der Waals surface area contributed by atoms with Crippen molar-refractivity contribution >= 4 is 29.0 Å². The van der Waals surface area contributed by atoms with E-state index in [1.807, 2.05) is 0 Å².